The number of aryl methyl sites for hydroxylation is 1. The molecule has 4 aromatic rings. The summed E-state index contributed by atoms with van der Waals surface area (Å²) < 4.78 is 0. The second kappa shape index (κ2) is 7.56. The molecule has 5 nitrogen and oxygen atoms in total. The number of rotatable bonds is 5. The number of aromatic nitrogens is 2. The number of H-pyrrole nitrogens is 1. The van der Waals surface area contributed by atoms with Crippen LogP contribution >= 0.6 is 0 Å². The number of para-hydroxylation sites is 1. The van der Waals surface area contributed by atoms with Crippen LogP contribution in [0.5, 0.6) is 0 Å². The van der Waals surface area contributed by atoms with Crippen molar-refractivity contribution in [1.82, 2.24) is 9.97 Å². The number of fused-ring (bicyclic) bond motifs is 1. The minimum atomic E-state index is -0.0802. The van der Waals surface area contributed by atoms with Crippen molar-refractivity contribution < 1.29 is 4.79 Å². The summed E-state index contributed by atoms with van der Waals surface area (Å²) in [6.07, 6.45) is 3.68. The van der Waals surface area contributed by atoms with Gasteiger partial charge in [0.15, 0.2) is 0 Å². The lowest BCUT2D eigenvalue weighted by Crippen LogP contribution is -2.13. The predicted molar refractivity (Wildman–Crippen MR) is 113 cm³/mol. The van der Waals surface area contributed by atoms with Crippen LogP contribution in [0.15, 0.2) is 73.1 Å². The van der Waals surface area contributed by atoms with Crippen molar-refractivity contribution in [3.8, 4) is 0 Å². The summed E-state index contributed by atoms with van der Waals surface area (Å²) in [4.78, 5) is 19.0. The Morgan fingerprint density at radius 1 is 1.00 bits per heavy atom. The summed E-state index contributed by atoms with van der Waals surface area (Å²) in [5.41, 5.74) is 6.27. The molecule has 5 heteroatoms. The highest BCUT2D eigenvalue weighted by Gasteiger charge is 2.21. The van der Waals surface area contributed by atoms with Gasteiger partial charge in [0, 0.05) is 52.9 Å². The molecular formula is C23H22N4O. The summed E-state index contributed by atoms with van der Waals surface area (Å²) in [6.45, 7) is 3.60. The topological polar surface area (TPSA) is 69.8 Å². The fraction of sp³-hybridized carbons (Fsp3) is 0.130. The molecule has 4 rings (SSSR count). The molecule has 140 valence electrons. The van der Waals surface area contributed by atoms with Crippen molar-refractivity contribution in [2.24, 2.45) is 0 Å². The van der Waals surface area contributed by atoms with Gasteiger partial charge in [-0.15, -0.1) is 0 Å². The van der Waals surface area contributed by atoms with Crippen molar-refractivity contribution >= 4 is 28.2 Å². The predicted octanol–water partition coefficient (Wildman–Crippen LogP) is 5.03. The monoisotopic (exact) mass is 370 g/mol. The number of nitrogens with one attached hydrogen (secondary N) is 3. The van der Waals surface area contributed by atoms with E-state index in [0.717, 1.165) is 28.1 Å². The third-order valence-corrected chi connectivity index (χ3v) is 4.77. The van der Waals surface area contributed by atoms with Crippen LogP contribution in [0.2, 0.25) is 0 Å². The highest BCUT2D eigenvalue weighted by molar-refractivity contribution is 5.89. The molecule has 1 amide bonds. The Hall–Kier alpha value is -3.60. The van der Waals surface area contributed by atoms with E-state index in [2.05, 4.69) is 51.8 Å². The maximum absolute atomic E-state index is 11.2. The van der Waals surface area contributed by atoms with Gasteiger partial charge < -0.3 is 15.6 Å². The zero-order chi connectivity index (χ0) is 19.5. The minimum Gasteiger partial charge on any atom is -0.374 e. The summed E-state index contributed by atoms with van der Waals surface area (Å²) in [7, 11) is 0. The molecule has 1 atom stereocenters. The third kappa shape index (κ3) is 3.60. The van der Waals surface area contributed by atoms with Gasteiger partial charge >= 0.3 is 0 Å². The van der Waals surface area contributed by atoms with E-state index in [4.69, 9.17) is 0 Å². The second-order valence-electron chi connectivity index (χ2n) is 6.83. The fourth-order valence-electron chi connectivity index (χ4n) is 3.56. The lowest BCUT2D eigenvalue weighted by Gasteiger charge is -2.21. The molecule has 0 saturated heterocycles. The van der Waals surface area contributed by atoms with Crippen molar-refractivity contribution in [1.29, 1.82) is 0 Å². The van der Waals surface area contributed by atoms with Crippen LogP contribution in [-0.4, -0.2) is 15.9 Å². The number of hydrogen-bond acceptors (Lipinski definition) is 3. The smallest absolute Gasteiger partial charge is 0.221 e. The summed E-state index contributed by atoms with van der Waals surface area (Å²) >= 11 is 0. The second-order valence-corrected chi connectivity index (χ2v) is 6.83. The molecule has 0 aliphatic carbocycles. The zero-order valence-corrected chi connectivity index (χ0v) is 15.9. The molecule has 3 N–H and O–H groups in total. The number of amides is 1. The average Bonchev–Trinajstić information content (AvgIpc) is 3.03. The van der Waals surface area contributed by atoms with E-state index in [1.54, 1.807) is 6.20 Å². The molecule has 0 aliphatic rings. The standard InChI is InChI=1S/C23H22N4O/c1-15-22(20-7-3-4-8-21(20)25-15)23(17-6-5-13-24-14-17)27-19-11-9-18(10-12-19)26-16(2)28/h3-14,23,25,27H,1-2H3,(H,26,28)/t23-/m1/s1. The molecule has 2 heterocycles. The van der Waals surface area contributed by atoms with Gasteiger partial charge in [0.2, 0.25) is 5.91 Å². The van der Waals surface area contributed by atoms with E-state index >= 15 is 0 Å². The van der Waals surface area contributed by atoms with Crippen LogP contribution in [0.4, 0.5) is 11.4 Å². The Morgan fingerprint density at radius 3 is 2.46 bits per heavy atom. The Morgan fingerprint density at radius 2 is 1.75 bits per heavy atom. The first-order valence-corrected chi connectivity index (χ1v) is 9.23. The largest absolute Gasteiger partial charge is 0.374 e. The van der Waals surface area contributed by atoms with Crippen LogP contribution < -0.4 is 10.6 Å². The normalized spacial score (nSPS) is 11.9. The molecule has 0 saturated carbocycles. The van der Waals surface area contributed by atoms with Gasteiger partial charge in [0.25, 0.3) is 0 Å². The van der Waals surface area contributed by atoms with Gasteiger partial charge in [-0.3, -0.25) is 9.78 Å². The van der Waals surface area contributed by atoms with E-state index in [-0.39, 0.29) is 11.9 Å². The summed E-state index contributed by atoms with van der Waals surface area (Å²) in [5, 5.41) is 7.63. The Balaban J connectivity index is 1.75. The molecule has 0 bridgehead atoms. The average molecular weight is 370 g/mol. The van der Waals surface area contributed by atoms with Crippen molar-refractivity contribution in [3.05, 3.63) is 89.9 Å². The van der Waals surface area contributed by atoms with Crippen LogP contribution in [0.1, 0.15) is 29.8 Å². The summed E-state index contributed by atoms with van der Waals surface area (Å²) in [5.74, 6) is -0.0802. The number of anilines is 2. The molecule has 0 radical (unpaired) electrons. The number of benzene rings is 2. The van der Waals surface area contributed by atoms with Crippen molar-refractivity contribution in [2.45, 2.75) is 19.9 Å². The highest BCUT2D eigenvalue weighted by atomic mass is 16.1. The maximum Gasteiger partial charge on any atom is 0.221 e. The number of hydrogen-bond donors (Lipinski definition) is 3. The first-order chi connectivity index (χ1) is 13.6. The first-order valence-electron chi connectivity index (χ1n) is 9.23. The lowest BCUT2D eigenvalue weighted by molar-refractivity contribution is -0.114. The minimum absolute atomic E-state index is 0.0588. The van der Waals surface area contributed by atoms with Crippen LogP contribution in [-0.2, 0) is 4.79 Å². The lowest BCUT2D eigenvalue weighted by atomic mass is 9.97. The molecule has 2 aromatic heterocycles. The molecular weight excluding hydrogens is 348 g/mol. The number of carbonyl (C=O) groups is 1. The van der Waals surface area contributed by atoms with Crippen LogP contribution in [0.3, 0.4) is 0 Å². The Kier molecular flexibility index (Phi) is 4.81. The zero-order valence-electron chi connectivity index (χ0n) is 15.9. The quantitative estimate of drug-likeness (QED) is 0.461. The first kappa shape index (κ1) is 17.8. The van der Waals surface area contributed by atoms with Crippen molar-refractivity contribution in [3.63, 3.8) is 0 Å². The molecule has 0 aliphatic heterocycles. The summed E-state index contributed by atoms with van der Waals surface area (Å²) in [6, 6.07) is 20.0. The molecule has 0 spiro atoms. The number of carbonyl (C=O) groups excluding carboxylic acids is 1. The van der Waals surface area contributed by atoms with Crippen LogP contribution in [0, 0.1) is 6.92 Å². The van der Waals surface area contributed by atoms with Gasteiger partial charge in [-0.25, -0.2) is 0 Å². The third-order valence-electron chi connectivity index (χ3n) is 4.77. The Labute approximate surface area is 163 Å². The number of pyridine rings is 1. The SMILES string of the molecule is CC(=O)Nc1ccc(N[C@H](c2cccnc2)c2c(C)[nH]c3ccccc23)cc1. The fourth-order valence-corrected chi connectivity index (χ4v) is 3.56. The van der Waals surface area contributed by atoms with Crippen molar-refractivity contribution in [2.75, 3.05) is 10.6 Å². The molecule has 2 aromatic carbocycles. The van der Waals surface area contributed by atoms with E-state index in [1.165, 1.54) is 17.9 Å². The van der Waals surface area contributed by atoms with E-state index in [0.29, 0.717) is 0 Å². The molecule has 28 heavy (non-hydrogen) atoms. The van der Waals surface area contributed by atoms with Gasteiger partial charge in [-0.1, -0.05) is 24.3 Å². The van der Waals surface area contributed by atoms with Gasteiger partial charge in [-0.05, 0) is 48.9 Å². The van der Waals surface area contributed by atoms with E-state index < -0.39 is 0 Å². The van der Waals surface area contributed by atoms with E-state index in [1.807, 2.05) is 42.6 Å². The molecule has 0 fully saturated rings. The van der Waals surface area contributed by atoms with Crippen LogP contribution in [0.25, 0.3) is 10.9 Å². The van der Waals surface area contributed by atoms with Gasteiger partial charge in [0.05, 0.1) is 6.04 Å². The number of nitrogens with zero attached hydrogens (tertiary/aromatic N) is 1. The Bertz CT molecular complexity index is 1100. The molecule has 0 unspecified atom stereocenters. The van der Waals surface area contributed by atoms with Gasteiger partial charge in [-0.2, -0.15) is 0 Å². The highest BCUT2D eigenvalue weighted by Crippen LogP contribution is 2.34. The number of aromatic amines is 1. The van der Waals surface area contributed by atoms with E-state index in [9.17, 15) is 4.79 Å². The van der Waals surface area contributed by atoms with Gasteiger partial charge in [0.1, 0.15) is 0 Å². The maximum atomic E-state index is 11.2.